The van der Waals surface area contributed by atoms with E-state index < -0.39 is 0 Å². The highest BCUT2D eigenvalue weighted by atomic mass is 35.5. The fraction of sp³-hybridized carbons (Fsp3) is 0.467. The summed E-state index contributed by atoms with van der Waals surface area (Å²) in [5.74, 6) is 0. The summed E-state index contributed by atoms with van der Waals surface area (Å²) in [7, 11) is 0. The lowest BCUT2D eigenvalue weighted by Crippen LogP contribution is -2.36. The van der Waals surface area contributed by atoms with Crippen LogP contribution in [0.1, 0.15) is 32.8 Å². The van der Waals surface area contributed by atoms with Crippen molar-refractivity contribution in [2.75, 3.05) is 6.54 Å². The molecular formula is C15H21Cl2N. The fourth-order valence-electron chi connectivity index (χ4n) is 1.55. The third kappa shape index (κ3) is 6.44. The van der Waals surface area contributed by atoms with E-state index in [9.17, 15) is 0 Å². The second kappa shape index (κ2) is 7.18. The molecule has 0 heterocycles. The standard InChI is InChI=1S/C15H21Cl2N/c1-15(2,3)18-10-6-4-5-7-12-8-9-13(16)11-14(12)17/h4-5,8-9,11,18H,6-7,10H2,1-3H3. The smallest absolute Gasteiger partial charge is 0.0455 e. The maximum Gasteiger partial charge on any atom is 0.0455 e. The first-order valence-corrected chi connectivity index (χ1v) is 6.98. The Labute approximate surface area is 120 Å². The van der Waals surface area contributed by atoms with Gasteiger partial charge in [0.25, 0.3) is 0 Å². The average molecular weight is 286 g/mol. The topological polar surface area (TPSA) is 12.0 Å². The molecular weight excluding hydrogens is 265 g/mol. The van der Waals surface area contributed by atoms with Gasteiger partial charge in [-0.1, -0.05) is 41.4 Å². The van der Waals surface area contributed by atoms with Gasteiger partial charge in [0.05, 0.1) is 0 Å². The molecule has 1 rings (SSSR count). The lowest BCUT2D eigenvalue weighted by Gasteiger charge is -2.19. The van der Waals surface area contributed by atoms with Crippen molar-refractivity contribution in [1.29, 1.82) is 0 Å². The van der Waals surface area contributed by atoms with Crippen molar-refractivity contribution in [2.24, 2.45) is 0 Å². The van der Waals surface area contributed by atoms with E-state index in [1.165, 1.54) is 0 Å². The molecule has 0 saturated heterocycles. The Morgan fingerprint density at radius 2 is 1.89 bits per heavy atom. The van der Waals surface area contributed by atoms with Gasteiger partial charge in [-0.2, -0.15) is 0 Å². The van der Waals surface area contributed by atoms with Crippen LogP contribution in [-0.4, -0.2) is 12.1 Å². The van der Waals surface area contributed by atoms with Crippen LogP contribution in [0.5, 0.6) is 0 Å². The van der Waals surface area contributed by atoms with E-state index in [1.54, 1.807) is 6.07 Å². The normalized spacial score (nSPS) is 12.3. The quantitative estimate of drug-likeness (QED) is 0.601. The SMILES string of the molecule is CC(C)(C)NCCC=CCc1ccc(Cl)cc1Cl. The number of rotatable bonds is 5. The van der Waals surface area contributed by atoms with E-state index in [1.807, 2.05) is 12.1 Å². The Bertz CT molecular complexity index is 405. The first-order valence-electron chi connectivity index (χ1n) is 6.22. The molecule has 0 aliphatic rings. The number of benzene rings is 1. The van der Waals surface area contributed by atoms with Gasteiger partial charge in [-0.3, -0.25) is 0 Å². The molecule has 1 aromatic carbocycles. The van der Waals surface area contributed by atoms with Gasteiger partial charge in [0, 0.05) is 15.6 Å². The minimum Gasteiger partial charge on any atom is -0.312 e. The van der Waals surface area contributed by atoms with E-state index >= 15 is 0 Å². The molecule has 0 amide bonds. The van der Waals surface area contributed by atoms with Crippen molar-refractivity contribution in [2.45, 2.75) is 39.2 Å². The Hall–Kier alpha value is -0.500. The van der Waals surface area contributed by atoms with E-state index in [4.69, 9.17) is 23.2 Å². The molecule has 0 radical (unpaired) electrons. The summed E-state index contributed by atoms with van der Waals surface area (Å²) in [4.78, 5) is 0. The van der Waals surface area contributed by atoms with Crippen LogP contribution in [0.2, 0.25) is 10.0 Å². The summed E-state index contributed by atoms with van der Waals surface area (Å²) in [6, 6.07) is 5.63. The number of hydrogen-bond donors (Lipinski definition) is 1. The van der Waals surface area contributed by atoms with E-state index in [-0.39, 0.29) is 5.54 Å². The second-order valence-electron chi connectivity index (χ2n) is 5.38. The predicted octanol–water partition coefficient (Wildman–Crippen LogP) is 4.87. The van der Waals surface area contributed by atoms with Crippen LogP contribution in [-0.2, 0) is 6.42 Å². The fourth-order valence-corrected chi connectivity index (χ4v) is 2.03. The Balaban J connectivity index is 2.32. The highest BCUT2D eigenvalue weighted by Gasteiger charge is 2.06. The molecule has 0 saturated carbocycles. The number of allylic oxidation sites excluding steroid dienone is 1. The third-order valence-electron chi connectivity index (χ3n) is 2.49. The largest absolute Gasteiger partial charge is 0.312 e. The van der Waals surface area contributed by atoms with Crippen LogP contribution < -0.4 is 5.32 Å². The number of halogens is 2. The average Bonchev–Trinajstić information content (AvgIpc) is 2.24. The summed E-state index contributed by atoms with van der Waals surface area (Å²) >= 11 is 12.0. The van der Waals surface area contributed by atoms with E-state index in [2.05, 4.69) is 38.2 Å². The van der Waals surface area contributed by atoms with Crippen LogP contribution in [0.25, 0.3) is 0 Å². The second-order valence-corrected chi connectivity index (χ2v) is 6.22. The summed E-state index contributed by atoms with van der Waals surface area (Å²) in [5, 5.41) is 4.86. The molecule has 0 unspecified atom stereocenters. The molecule has 18 heavy (non-hydrogen) atoms. The van der Waals surface area contributed by atoms with Crippen molar-refractivity contribution < 1.29 is 0 Å². The number of hydrogen-bond acceptors (Lipinski definition) is 1. The number of nitrogens with one attached hydrogen (secondary N) is 1. The zero-order chi connectivity index (χ0) is 13.6. The summed E-state index contributed by atoms with van der Waals surface area (Å²) in [6.45, 7) is 7.51. The van der Waals surface area contributed by atoms with Gasteiger partial charge >= 0.3 is 0 Å². The molecule has 1 aromatic rings. The Morgan fingerprint density at radius 3 is 2.50 bits per heavy atom. The van der Waals surface area contributed by atoms with Crippen LogP contribution in [0.4, 0.5) is 0 Å². The first kappa shape index (κ1) is 15.6. The van der Waals surface area contributed by atoms with Crippen molar-refractivity contribution in [3.63, 3.8) is 0 Å². The predicted molar refractivity (Wildman–Crippen MR) is 81.7 cm³/mol. The molecule has 0 aromatic heterocycles. The molecule has 0 aliphatic carbocycles. The van der Waals surface area contributed by atoms with E-state index in [0.29, 0.717) is 5.02 Å². The van der Waals surface area contributed by atoms with Gasteiger partial charge in [-0.25, -0.2) is 0 Å². The van der Waals surface area contributed by atoms with Crippen LogP contribution in [0, 0.1) is 0 Å². The van der Waals surface area contributed by atoms with Gasteiger partial charge in [0.15, 0.2) is 0 Å². The minimum atomic E-state index is 0.188. The monoisotopic (exact) mass is 285 g/mol. The molecule has 0 atom stereocenters. The van der Waals surface area contributed by atoms with Gasteiger partial charge in [0.2, 0.25) is 0 Å². The summed E-state index contributed by atoms with van der Waals surface area (Å²) in [5.41, 5.74) is 1.30. The maximum atomic E-state index is 6.10. The highest BCUT2D eigenvalue weighted by Crippen LogP contribution is 2.21. The molecule has 0 spiro atoms. The minimum absolute atomic E-state index is 0.188. The summed E-state index contributed by atoms with van der Waals surface area (Å²) < 4.78 is 0. The maximum absolute atomic E-state index is 6.10. The van der Waals surface area contributed by atoms with Gasteiger partial charge in [-0.15, -0.1) is 0 Å². The van der Waals surface area contributed by atoms with Gasteiger partial charge in [-0.05, 0) is 57.9 Å². The van der Waals surface area contributed by atoms with Crippen molar-refractivity contribution in [1.82, 2.24) is 5.32 Å². The molecule has 3 heteroatoms. The van der Waals surface area contributed by atoms with Crippen LogP contribution >= 0.6 is 23.2 Å². The molecule has 1 N–H and O–H groups in total. The molecule has 0 fully saturated rings. The first-order chi connectivity index (χ1) is 8.38. The van der Waals surface area contributed by atoms with Crippen LogP contribution in [0.15, 0.2) is 30.4 Å². The molecule has 1 nitrogen and oxygen atoms in total. The van der Waals surface area contributed by atoms with Crippen molar-refractivity contribution in [3.8, 4) is 0 Å². The zero-order valence-electron chi connectivity index (χ0n) is 11.3. The molecule has 100 valence electrons. The van der Waals surface area contributed by atoms with E-state index in [0.717, 1.165) is 30.0 Å². The lowest BCUT2D eigenvalue weighted by molar-refractivity contribution is 0.431. The third-order valence-corrected chi connectivity index (χ3v) is 3.07. The molecule has 0 aliphatic heterocycles. The highest BCUT2D eigenvalue weighted by molar-refractivity contribution is 6.35. The summed E-state index contributed by atoms with van der Waals surface area (Å²) in [6.07, 6.45) is 6.22. The zero-order valence-corrected chi connectivity index (χ0v) is 12.8. The van der Waals surface area contributed by atoms with Gasteiger partial charge < -0.3 is 5.32 Å². The lowest BCUT2D eigenvalue weighted by atomic mass is 10.1. The van der Waals surface area contributed by atoms with Crippen molar-refractivity contribution >= 4 is 23.2 Å². The van der Waals surface area contributed by atoms with Crippen molar-refractivity contribution in [3.05, 3.63) is 46.0 Å². The Morgan fingerprint density at radius 1 is 1.17 bits per heavy atom. The van der Waals surface area contributed by atoms with Crippen LogP contribution in [0.3, 0.4) is 0 Å². The van der Waals surface area contributed by atoms with Gasteiger partial charge in [0.1, 0.15) is 0 Å². The Kier molecular flexibility index (Phi) is 6.20. The molecule has 0 bridgehead atoms.